The molecule has 0 bridgehead atoms. The Morgan fingerprint density at radius 2 is 2.19 bits per heavy atom. The largest absolute Gasteiger partial charge is 0.369 e. The van der Waals surface area contributed by atoms with Gasteiger partial charge in [0.25, 0.3) is 5.91 Å². The van der Waals surface area contributed by atoms with Crippen molar-refractivity contribution < 1.29 is 9.18 Å². The van der Waals surface area contributed by atoms with Gasteiger partial charge in [0.2, 0.25) is 0 Å². The number of nitrogens with one attached hydrogen (secondary N) is 2. The fourth-order valence-corrected chi connectivity index (χ4v) is 2.05. The van der Waals surface area contributed by atoms with Crippen LogP contribution in [0.25, 0.3) is 0 Å². The van der Waals surface area contributed by atoms with E-state index in [-0.39, 0.29) is 11.4 Å². The molecular weight excluding hydrogens is 339 g/mol. The molecule has 1 heterocycles. The van der Waals surface area contributed by atoms with E-state index in [2.05, 4.69) is 36.5 Å². The molecule has 1 amide bonds. The van der Waals surface area contributed by atoms with E-state index in [4.69, 9.17) is 0 Å². The van der Waals surface area contributed by atoms with Crippen LogP contribution in [0.4, 0.5) is 15.9 Å². The Balaban J connectivity index is 2.17. The van der Waals surface area contributed by atoms with Gasteiger partial charge in [0, 0.05) is 11.0 Å². The van der Waals surface area contributed by atoms with Gasteiger partial charge >= 0.3 is 0 Å². The zero-order valence-corrected chi connectivity index (χ0v) is 12.9. The average molecular weight is 353 g/mol. The second-order valence-corrected chi connectivity index (χ2v) is 5.12. The minimum absolute atomic E-state index is 0.0798. The number of nitrogens with zero attached hydrogens (tertiary/aromatic N) is 2. The molecule has 7 heteroatoms. The standard InChI is InChI=1S/C14H14BrFN4O/c1-2-6-18-12-8-17-7-11(19-12)14(21)20-13-9(15)4-3-5-10(13)16/h3-5,7-8H,2,6H2,1H3,(H,18,19)(H,20,21). The number of carbonyl (C=O) groups is 1. The maximum Gasteiger partial charge on any atom is 0.276 e. The van der Waals surface area contributed by atoms with Crippen LogP contribution in [0.15, 0.2) is 35.1 Å². The summed E-state index contributed by atoms with van der Waals surface area (Å²) in [5.74, 6) is -0.531. The monoisotopic (exact) mass is 352 g/mol. The van der Waals surface area contributed by atoms with Crippen LogP contribution >= 0.6 is 15.9 Å². The van der Waals surface area contributed by atoms with Crippen molar-refractivity contribution in [3.05, 3.63) is 46.6 Å². The van der Waals surface area contributed by atoms with Gasteiger partial charge in [-0.1, -0.05) is 13.0 Å². The summed E-state index contributed by atoms with van der Waals surface area (Å²) in [7, 11) is 0. The molecule has 110 valence electrons. The van der Waals surface area contributed by atoms with Gasteiger partial charge in [-0.3, -0.25) is 9.78 Å². The zero-order chi connectivity index (χ0) is 15.2. The number of hydrogen-bond donors (Lipinski definition) is 2. The summed E-state index contributed by atoms with van der Waals surface area (Å²) in [6, 6.07) is 4.46. The van der Waals surface area contributed by atoms with E-state index in [1.165, 1.54) is 18.5 Å². The van der Waals surface area contributed by atoms with Crippen molar-refractivity contribution in [3.63, 3.8) is 0 Å². The number of anilines is 2. The molecule has 5 nitrogen and oxygen atoms in total. The minimum Gasteiger partial charge on any atom is -0.369 e. The third-order valence-corrected chi connectivity index (χ3v) is 3.29. The lowest BCUT2D eigenvalue weighted by molar-refractivity contribution is 0.102. The highest BCUT2D eigenvalue weighted by atomic mass is 79.9. The molecule has 0 aliphatic carbocycles. The molecule has 1 aromatic carbocycles. The van der Waals surface area contributed by atoms with Gasteiger partial charge in [-0.25, -0.2) is 9.37 Å². The van der Waals surface area contributed by atoms with E-state index in [1.807, 2.05) is 6.92 Å². The van der Waals surface area contributed by atoms with Crippen molar-refractivity contribution in [3.8, 4) is 0 Å². The normalized spacial score (nSPS) is 10.2. The fourth-order valence-electron chi connectivity index (χ4n) is 1.61. The summed E-state index contributed by atoms with van der Waals surface area (Å²) in [4.78, 5) is 20.2. The Hall–Kier alpha value is -2.02. The first-order chi connectivity index (χ1) is 10.1. The maximum atomic E-state index is 13.7. The molecule has 0 aliphatic rings. The average Bonchev–Trinajstić information content (AvgIpc) is 2.49. The fraction of sp³-hybridized carbons (Fsp3) is 0.214. The molecule has 0 spiro atoms. The molecule has 21 heavy (non-hydrogen) atoms. The molecule has 2 rings (SSSR count). The van der Waals surface area contributed by atoms with Gasteiger partial charge < -0.3 is 10.6 Å². The smallest absolute Gasteiger partial charge is 0.276 e. The number of rotatable bonds is 5. The molecule has 0 unspecified atom stereocenters. The molecular formula is C14H14BrFN4O. The van der Waals surface area contributed by atoms with Gasteiger partial charge in [0.05, 0.1) is 18.1 Å². The number of halogens is 2. The Morgan fingerprint density at radius 3 is 2.90 bits per heavy atom. The Bertz CT molecular complexity index is 630. The van der Waals surface area contributed by atoms with Crippen LogP contribution in [0.2, 0.25) is 0 Å². The highest BCUT2D eigenvalue weighted by Gasteiger charge is 2.14. The second kappa shape index (κ2) is 7.12. The topological polar surface area (TPSA) is 66.9 Å². The van der Waals surface area contributed by atoms with Crippen molar-refractivity contribution in [2.75, 3.05) is 17.2 Å². The van der Waals surface area contributed by atoms with Crippen LogP contribution in [0.3, 0.4) is 0 Å². The Morgan fingerprint density at radius 1 is 1.38 bits per heavy atom. The third-order valence-electron chi connectivity index (χ3n) is 2.62. The van der Waals surface area contributed by atoms with Crippen LogP contribution in [0.5, 0.6) is 0 Å². The van der Waals surface area contributed by atoms with Gasteiger partial charge in [0.15, 0.2) is 0 Å². The molecule has 1 aromatic heterocycles. The molecule has 0 radical (unpaired) electrons. The van der Waals surface area contributed by atoms with Gasteiger partial charge in [0.1, 0.15) is 17.3 Å². The van der Waals surface area contributed by atoms with E-state index in [1.54, 1.807) is 12.1 Å². The van der Waals surface area contributed by atoms with Gasteiger partial charge in [-0.15, -0.1) is 0 Å². The Labute approximate surface area is 130 Å². The number of benzene rings is 1. The van der Waals surface area contributed by atoms with Crippen molar-refractivity contribution in [1.82, 2.24) is 9.97 Å². The van der Waals surface area contributed by atoms with Crippen LogP contribution in [-0.4, -0.2) is 22.4 Å². The van der Waals surface area contributed by atoms with Crippen LogP contribution in [0, 0.1) is 5.82 Å². The van der Waals surface area contributed by atoms with Gasteiger partial charge in [-0.2, -0.15) is 0 Å². The van der Waals surface area contributed by atoms with Gasteiger partial charge in [-0.05, 0) is 34.5 Å². The highest BCUT2D eigenvalue weighted by molar-refractivity contribution is 9.10. The summed E-state index contributed by atoms with van der Waals surface area (Å²) >= 11 is 3.19. The summed E-state index contributed by atoms with van der Waals surface area (Å²) in [5.41, 5.74) is 0.197. The molecule has 0 aliphatic heterocycles. The highest BCUT2D eigenvalue weighted by Crippen LogP contribution is 2.25. The van der Waals surface area contributed by atoms with Crippen molar-refractivity contribution in [1.29, 1.82) is 0 Å². The molecule has 0 atom stereocenters. The lowest BCUT2D eigenvalue weighted by Crippen LogP contribution is -2.16. The van der Waals surface area contributed by atoms with Crippen molar-refractivity contribution >= 4 is 33.3 Å². The predicted molar refractivity (Wildman–Crippen MR) is 82.9 cm³/mol. The third kappa shape index (κ3) is 3.98. The summed E-state index contributed by atoms with van der Waals surface area (Å²) in [5, 5.41) is 5.53. The van der Waals surface area contributed by atoms with Crippen LogP contribution in [0.1, 0.15) is 23.8 Å². The first kappa shape index (κ1) is 15.4. The summed E-state index contributed by atoms with van der Waals surface area (Å²) in [6.07, 6.45) is 3.80. The van der Waals surface area contributed by atoms with Crippen molar-refractivity contribution in [2.45, 2.75) is 13.3 Å². The van der Waals surface area contributed by atoms with E-state index in [0.717, 1.165) is 13.0 Å². The molecule has 0 fully saturated rings. The van der Waals surface area contributed by atoms with E-state index in [0.29, 0.717) is 10.3 Å². The summed E-state index contributed by atoms with van der Waals surface area (Å²) < 4.78 is 14.1. The minimum atomic E-state index is -0.522. The lowest BCUT2D eigenvalue weighted by Gasteiger charge is -2.09. The van der Waals surface area contributed by atoms with E-state index in [9.17, 15) is 9.18 Å². The Kier molecular flexibility index (Phi) is 5.21. The maximum absolute atomic E-state index is 13.7. The number of aromatic nitrogens is 2. The summed E-state index contributed by atoms with van der Waals surface area (Å²) in [6.45, 7) is 2.76. The first-order valence-electron chi connectivity index (χ1n) is 6.43. The molecule has 2 N–H and O–H groups in total. The quantitative estimate of drug-likeness (QED) is 0.864. The van der Waals surface area contributed by atoms with Crippen molar-refractivity contribution in [2.24, 2.45) is 0 Å². The molecule has 0 saturated carbocycles. The number of hydrogen-bond acceptors (Lipinski definition) is 4. The van der Waals surface area contributed by atoms with E-state index >= 15 is 0 Å². The number of amides is 1. The van der Waals surface area contributed by atoms with Crippen LogP contribution < -0.4 is 10.6 Å². The first-order valence-corrected chi connectivity index (χ1v) is 7.22. The van der Waals surface area contributed by atoms with Crippen LogP contribution in [-0.2, 0) is 0 Å². The number of carbonyl (C=O) groups excluding carboxylic acids is 1. The molecule has 0 saturated heterocycles. The SMILES string of the molecule is CCCNc1cncc(C(=O)Nc2c(F)cccc2Br)n1. The lowest BCUT2D eigenvalue weighted by atomic mass is 10.3. The predicted octanol–water partition coefficient (Wildman–Crippen LogP) is 3.45. The van der Waals surface area contributed by atoms with E-state index < -0.39 is 11.7 Å². The number of para-hydroxylation sites is 1. The zero-order valence-electron chi connectivity index (χ0n) is 11.4. The molecule has 2 aromatic rings. The second-order valence-electron chi connectivity index (χ2n) is 4.27.